The summed E-state index contributed by atoms with van der Waals surface area (Å²) < 4.78 is 29.0. The van der Waals surface area contributed by atoms with E-state index >= 15 is 0 Å². The van der Waals surface area contributed by atoms with Crippen LogP contribution in [-0.4, -0.2) is 38.1 Å². The first-order valence-electron chi connectivity index (χ1n) is 5.30. The molecule has 0 aliphatic heterocycles. The van der Waals surface area contributed by atoms with E-state index < -0.39 is 21.5 Å². The molecule has 0 saturated heterocycles. The Bertz CT molecular complexity index is 451. The molecule has 0 aromatic heterocycles. The largest absolute Gasteiger partial charge is 0.389 e. The Morgan fingerprint density at radius 3 is 2.29 bits per heavy atom. The molecule has 0 saturated carbocycles. The zero-order valence-corrected chi connectivity index (χ0v) is 11.1. The molecule has 4 nitrogen and oxygen atoms in total. The summed E-state index contributed by atoms with van der Waals surface area (Å²) in [5.41, 5.74) is -0.887. The highest BCUT2D eigenvalue weighted by molar-refractivity contribution is 7.91. The molecule has 1 aromatic rings. The van der Waals surface area contributed by atoms with Crippen LogP contribution in [0, 0.1) is 0 Å². The lowest BCUT2D eigenvalue weighted by molar-refractivity contribution is -0.0672. The molecule has 0 amide bonds. The molecule has 1 rings (SSSR count). The third-order valence-electron chi connectivity index (χ3n) is 2.81. The Hall–Kier alpha value is -0.910. The van der Waals surface area contributed by atoms with Crippen molar-refractivity contribution in [3.8, 4) is 0 Å². The standard InChI is InChI=1S/C12H18O4S/c1-12(2,16-3)11(13)9-17(14,15)10-7-5-4-6-8-10/h4-8,11,13H,9H2,1-3H3. The van der Waals surface area contributed by atoms with Gasteiger partial charge in [-0.3, -0.25) is 0 Å². The van der Waals surface area contributed by atoms with Crippen LogP contribution < -0.4 is 0 Å². The number of rotatable bonds is 5. The predicted molar refractivity (Wildman–Crippen MR) is 65.6 cm³/mol. The summed E-state index contributed by atoms with van der Waals surface area (Å²) in [6.07, 6.45) is -1.07. The maximum atomic E-state index is 12.0. The van der Waals surface area contributed by atoms with Crippen LogP contribution in [0.3, 0.4) is 0 Å². The van der Waals surface area contributed by atoms with Gasteiger partial charge in [-0.2, -0.15) is 0 Å². The van der Waals surface area contributed by atoms with Crippen molar-refractivity contribution in [3.63, 3.8) is 0 Å². The third kappa shape index (κ3) is 3.52. The van der Waals surface area contributed by atoms with Crippen molar-refractivity contribution in [2.45, 2.75) is 30.4 Å². The van der Waals surface area contributed by atoms with Crippen molar-refractivity contribution >= 4 is 9.84 Å². The highest BCUT2D eigenvalue weighted by Gasteiger charge is 2.32. The minimum absolute atomic E-state index is 0.214. The molecule has 96 valence electrons. The smallest absolute Gasteiger partial charge is 0.181 e. The Morgan fingerprint density at radius 1 is 1.29 bits per heavy atom. The molecule has 0 aliphatic rings. The molecule has 0 fully saturated rings. The maximum absolute atomic E-state index is 12.0. The number of aliphatic hydroxyl groups excluding tert-OH is 1. The van der Waals surface area contributed by atoms with Crippen LogP contribution in [0.2, 0.25) is 0 Å². The molecule has 5 heteroatoms. The number of ether oxygens (including phenoxy) is 1. The summed E-state index contributed by atoms with van der Waals surface area (Å²) in [6, 6.07) is 8.08. The van der Waals surface area contributed by atoms with E-state index in [0.717, 1.165) is 0 Å². The number of hydrogen-bond acceptors (Lipinski definition) is 4. The summed E-state index contributed by atoms with van der Waals surface area (Å²) in [5.74, 6) is -0.349. The summed E-state index contributed by atoms with van der Waals surface area (Å²) in [5, 5.41) is 9.87. The number of sulfone groups is 1. The molecular formula is C12H18O4S. The fourth-order valence-electron chi connectivity index (χ4n) is 1.27. The van der Waals surface area contributed by atoms with Gasteiger partial charge in [-0.1, -0.05) is 18.2 Å². The number of methoxy groups -OCH3 is 1. The average Bonchev–Trinajstić information content (AvgIpc) is 2.29. The zero-order chi connectivity index (χ0) is 13.1. The van der Waals surface area contributed by atoms with E-state index in [2.05, 4.69) is 0 Å². The lowest BCUT2D eigenvalue weighted by Gasteiger charge is -2.28. The van der Waals surface area contributed by atoms with E-state index in [4.69, 9.17) is 4.74 Å². The van der Waals surface area contributed by atoms with Gasteiger partial charge in [-0.15, -0.1) is 0 Å². The molecule has 1 unspecified atom stereocenters. The normalized spacial score (nSPS) is 14.6. The van der Waals surface area contributed by atoms with Crippen LogP contribution in [0.5, 0.6) is 0 Å². The molecule has 0 spiro atoms. The minimum Gasteiger partial charge on any atom is -0.389 e. The summed E-state index contributed by atoms with van der Waals surface area (Å²) in [6.45, 7) is 3.30. The lowest BCUT2D eigenvalue weighted by Crippen LogP contribution is -2.42. The summed E-state index contributed by atoms with van der Waals surface area (Å²) in [4.78, 5) is 0.214. The van der Waals surface area contributed by atoms with Gasteiger partial charge in [0.05, 0.1) is 22.4 Å². The van der Waals surface area contributed by atoms with Crippen molar-refractivity contribution < 1.29 is 18.3 Å². The zero-order valence-electron chi connectivity index (χ0n) is 10.3. The first kappa shape index (κ1) is 14.2. The molecule has 0 heterocycles. The molecule has 1 aromatic carbocycles. The molecular weight excluding hydrogens is 240 g/mol. The van der Waals surface area contributed by atoms with Gasteiger partial charge in [0, 0.05) is 7.11 Å². The Morgan fingerprint density at radius 2 is 1.82 bits per heavy atom. The Labute approximate surface area is 102 Å². The molecule has 1 atom stereocenters. The minimum atomic E-state index is -3.48. The number of benzene rings is 1. The SMILES string of the molecule is COC(C)(C)C(O)CS(=O)(=O)c1ccccc1. The first-order chi connectivity index (χ1) is 7.79. The van der Waals surface area contributed by atoms with E-state index in [1.54, 1.807) is 32.0 Å². The molecule has 0 aliphatic carbocycles. The molecule has 0 bridgehead atoms. The fraction of sp³-hybridized carbons (Fsp3) is 0.500. The topological polar surface area (TPSA) is 63.6 Å². The van der Waals surface area contributed by atoms with E-state index in [1.165, 1.54) is 19.2 Å². The fourth-order valence-corrected chi connectivity index (χ4v) is 2.85. The van der Waals surface area contributed by atoms with Crippen molar-refractivity contribution in [1.82, 2.24) is 0 Å². The monoisotopic (exact) mass is 258 g/mol. The van der Waals surface area contributed by atoms with Crippen LogP contribution in [0.4, 0.5) is 0 Å². The van der Waals surface area contributed by atoms with Crippen molar-refractivity contribution in [3.05, 3.63) is 30.3 Å². The van der Waals surface area contributed by atoms with Crippen LogP contribution in [0.15, 0.2) is 35.2 Å². The molecule has 0 radical (unpaired) electrons. The van der Waals surface area contributed by atoms with Gasteiger partial charge in [0.2, 0.25) is 0 Å². The van der Waals surface area contributed by atoms with Crippen LogP contribution in [-0.2, 0) is 14.6 Å². The predicted octanol–water partition coefficient (Wildman–Crippen LogP) is 1.25. The summed E-state index contributed by atoms with van der Waals surface area (Å²) in [7, 11) is -2.04. The van der Waals surface area contributed by atoms with Gasteiger partial charge < -0.3 is 9.84 Å². The van der Waals surface area contributed by atoms with Crippen LogP contribution in [0.1, 0.15) is 13.8 Å². The van der Waals surface area contributed by atoms with Crippen molar-refractivity contribution in [2.75, 3.05) is 12.9 Å². The second kappa shape index (κ2) is 5.16. The molecule has 17 heavy (non-hydrogen) atoms. The highest BCUT2D eigenvalue weighted by atomic mass is 32.2. The first-order valence-corrected chi connectivity index (χ1v) is 6.96. The van der Waals surface area contributed by atoms with Gasteiger partial charge in [0.1, 0.15) is 0 Å². The third-order valence-corrected chi connectivity index (χ3v) is 4.55. The van der Waals surface area contributed by atoms with Crippen LogP contribution in [0.25, 0.3) is 0 Å². The Balaban J connectivity index is 2.89. The summed E-state index contributed by atoms with van der Waals surface area (Å²) >= 11 is 0. The highest BCUT2D eigenvalue weighted by Crippen LogP contribution is 2.19. The van der Waals surface area contributed by atoms with E-state index in [-0.39, 0.29) is 10.6 Å². The quantitative estimate of drug-likeness (QED) is 0.863. The van der Waals surface area contributed by atoms with Crippen LogP contribution >= 0.6 is 0 Å². The van der Waals surface area contributed by atoms with Gasteiger partial charge in [-0.05, 0) is 26.0 Å². The second-order valence-corrected chi connectivity index (χ2v) is 6.45. The molecule has 1 N–H and O–H groups in total. The lowest BCUT2D eigenvalue weighted by atomic mass is 10.0. The van der Waals surface area contributed by atoms with E-state index in [1.807, 2.05) is 0 Å². The van der Waals surface area contributed by atoms with Gasteiger partial charge >= 0.3 is 0 Å². The average molecular weight is 258 g/mol. The van der Waals surface area contributed by atoms with E-state index in [0.29, 0.717) is 0 Å². The number of hydrogen-bond donors (Lipinski definition) is 1. The Kier molecular flexibility index (Phi) is 4.30. The van der Waals surface area contributed by atoms with Gasteiger partial charge in [0.15, 0.2) is 9.84 Å². The number of aliphatic hydroxyl groups is 1. The maximum Gasteiger partial charge on any atom is 0.181 e. The van der Waals surface area contributed by atoms with Gasteiger partial charge in [0.25, 0.3) is 0 Å². The van der Waals surface area contributed by atoms with Crippen molar-refractivity contribution in [2.24, 2.45) is 0 Å². The van der Waals surface area contributed by atoms with Gasteiger partial charge in [-0.25, -0.2) is 8.42 Å². The second-order valence-electron chi connectivity index (χ2n) is 4.42. The van der Waals surface area contributed by atoms with E-state index in [9.17, 15) is 13.5 Å². The van der Waals surface area contributed by atoms with Crippen molar-refractivity contribution in [1.29, 1.82) is 0 Å².